The number of nitrogens with one attached hydrogen (secondary N) is 1. The highest BCUT2D eigenvalue weighted by atomic mass is 32.2. The molecule has 294 valence electrons. The molecule has 0 heterocycles. The van der Waals surface area contributed by atoms with Crippen LogP contribution in [-0.4, -0.2) is 150 Å². The molecule has 0 aromatic heterocycles. The smallest absolute Gasteiger partial charge is 0.299 e. The van der Waals surface area contributed by atoms with Gasteiger partial charge in [0.25, 0.3) is 21.5 Å². The van der Waals surface area contributed by atoms with Crippen molar-refractivity contribution < 1.29 is 65.1 Å². The SMILES string of the molecule is O=[N+]([O-])c1ccc(NCCOCCOCCOCCOCCOCCOCCOCCOCCOCCOS(=O)(=O)c2ccccc2)c([N+](=O)[O-])c1. The summed E-state index contributed by atoms with van der Waals surface area (Å²) in [6, 6.07) is 11.3. The summed E-state index contributed by atoms with van der Waals surface area (Å²) in [6.07, 6.45) is 0. The van der Waals surface area contributed by atoms with Gasteiger partial charge in [0.15, 0.2) is 0 Å². The lowest BCUT2D eigenvalue weighted by molar-refractivity contribution is -0.393. The standard InChI is InChI=1S/C32H49N3O16S/c36-34(37)29-6-7-31(32(28-29)35(38)39)33-8-9-42-10-11-43-12-13-44-14-15-45-16-17-46-18-19-47-20-21-48-22-23-49-24-25-50-26-27-51-52(40,41)30-4-2-1-3-5-30/h1-7,28,33H,8-27H2. The van der Waals surface area contributed by atoms with Crippen LogP contribution in [0.4, 0.5) is 17.1 Å². The number of benzene rings is 2. The molecule has 0 radical (unpaired) electrons. The van der Waals surface area contributed by atoms with Crippen molar-refractivity contribution in [3.8, 4) is 0 Å². The van der Waals surface area contributed by atoms with E-state index in [9.17, 15) is 28.6 Å². The van der Waals surface area contributed by atoms with Crippen LogP contribution in [0.2, 0.25) is 0 Å². The molecule has 0 amide bonds. The molecule has 1 N–H and O–H groups in total. The number of nitrogens with zero attached hydrogens (tertiary/aromatic N) is 2. The Morgan fingerprint density at radius 3 is 1.27 bits per heavy atom. The molecule has 0 spiro atoms. The zero-order valence-corrected chi connectivity index (χ0v) is 29.9. The van der Waals surface area contributed by atoms with E-state index in [4.69, 9.17) is 46.8 Å². The summed E-state index contributed by atoms with van der Waals surface area (Å²) < 4.78 is 77.6. The molecule has 0 saturated carbocycles. The summed E-state index contributed by atoms with van der Waals surface area (Å²) in [4.78, 5) is 20.7. The first-order chi connectivity index (χ1) is 25.3. The van der Waals surface area contributed by atoms with E-state index in [1.54, 1.807) is 18.2 Å². The van der Waals surface area contributed by atoms with Gasteiger partial charge in [0.2, 0.25) is 0 Å². The van der Waals surface area contributed by atoms with E-state index in [1.807, 2.05) is 0 Å². The monoisotopic (exact) mass is 763 g/mol. The molecule has 0 bridgehead atoms. The number of hydrogen-bond donors (Lipinski definition) is 1. The second-order valence-electron chi connectivity index (χ2n) is 10.2. The van der Waals surface area contributed by atoms with Crippen LogP contribution in [0.1, 0.15) is 0 Å². The van der Waals surface area contributed by atoms with Crippen LogP contribution < -0.4 is 5.32 Å². The molecule has 0 aliphatic rings. The zero-order chi connectivity index (χ0) is 37.5. The fourth-order valence-corrected chi connectivity index (χ4v) is 4.83. The van der Waals surface area contributed by atoms with Gasteiger partial charge in [-0.25, -0.2) is 0 Å². The number of ether oxygens (including phenoxy) is 9. The highest BCUT2D eigenvalue weighted by Gasteiger charge is 2.19. The third kappa shape index (κ3) is 21.8. The van der Waals surface area contributed by atoms with Crippen LogP contribution in [0.15, 0.2) is 53.4 Å². The van der Waals surface area contributed by atoms with E-state index in [0.29, 0.717) is 106 Å². The maximum atomic E-state index is 12.0. The van der Waals surface area contributed by atoms with Gasteiger partial charge in [0, 0.05) is 12.6 Å². The molecular weight excluding hydrogens is 714 g/mol. The van der Waals surface area contributed by atoms with Crippen LogP contribution in [0.5, 0.6) is 0 Å². The predicted octanol–water partition coefficient (Wildman–Crippen LogP) is 2.47. The summed E-state index contributed by atoms with van der Waals surface area (Å²) in [6.45, 7) is 6.98. The molecular formula is C32H49N3O16S. The van der Waals surface area contributed by atoms with Crippen molar-refractivity contribution in [1.29, 1.82) is 0 Å². The summed E-state index contributed by atoms with van der Waals surface area (Å²) in [7, 11) is -3.77. The maximum Gasteiger partial charge on any atom is 0.299 e. The van der Waals surface area contributed by atoms with Crippen molar-refractivity contribution >= 4 is 27.2 Å². The fraction of sp³-hybridized carbons (Fsp3) is 0.625. The van der Waals surface area contributed by atoms with Crippen molar-refractivity contribution in [2.45, 2.75) is 4.90 Å². The van der Waals surface area contributed by atoms with Crippen LogP contribution in [-0.2, 0) is 56.9 Å². The summed E-state index contributed by atoms with van der Waals surface area (Å²) in [5, 5.41) is 24.8. The third-order valence-electron chi connectivity index (χ3n) is 6.42. The molecule has 0 atom stereocenters. The van der Waals surface area contributed by atoms with Crippen LogP contribution >= 0.6 is 0 Å². The first kappa shape index (κ1) is 44.7. The van der Waals surface area contributed by atoms with Gasteiger partial charge in [-0.05, 0) is 18.2 Å². The van der Waals surface area contributed by atoms with Crippen molar-refractivity contribution in [2.24, 2.45) is 0 Å². The minimum atomic E-state index is -3.77. The van der Waals surface area contributed by atoms with E-state index < -0.39 is 20.0 Å². The van der Waals surface area contributed by atoms with E-state index in [1.165, 1.54) is 24.3 Å². The van der Waals surface area contributed by atoms with Crippen molar-refractivity contribution in [2.75, 3.05) is 137 Å². The van der Waals surface area contributed by atoms with Crippen molar-refractivity contribution in [3.63, 3.8) is 0 Å². The second kappa shape index (κ2) is 29.1. The fourth-order valence-electron chi connectivity index (χ4n) is 3.91. The predicted molar refractivity (Wildman–Crippen MR) is 185 cm³/mol. The largest absolute Gasteiger partial charge is 0.377 e. The Morgan fingerprint density at radius 1 is 0.500 bits per heavy atom. The van der Waals surface area contributed by atoms with Gasteiger partial charge in [-0.2, -0.15) is 8.42 Å². The topological polar surface area (TPSA) is 225 Å². The highest BCUT2D eigenvalue weighted by molar-refractivity contribution is 7.86. The molecule has 19 nitrogen and oxygen atoms in total. The number of nitro benzene ring substituents is 2. The molecule has 0 saturated heterocycles. The van der Waals surface area contributed by atoms with Gasteiger partial charge in [-0.1, -0.05) is 18.2 Å². The van der Waals surface area contributed by atoms with Gasteiger partial charge in [0.05, 0.1) is 146 Å². The van der Waals surface area contributed by atoms with Gasteiger partial charge < -0.3 is 47.9 Å². The van der Waals surface area contributed by atoms with Crippen LogP contribution in [0.25, 0.3) is 0 Å². The third-order valence-corrected chi connectivity index (χ3v) is 7.75. The summed E-state index contributed by atoms with van der Waals surface area (Å²) in [5.41, 5.74) is -0.548. The van der Waals surface area contributed by atoms with Gasteiger partial charge in [-0.3, -0.25) is 24.4 Å². The average molecular weight is 764 g/mol. The minimum absolute atomic E-state index is 0.0751. The Hall–Kier alpha value is -3.41. The van der Waals surface area contributed by atoms with E-state index in [-0.39, 0.29) is 48.3 Å². The number of hydrogen-bond acceptors (Lipinski definition) is 17. The quantitative estimate of drug-likeness (QED) is 0.0461. The molecule has 52 heavy (non-hydrogen) atoms. The number of non-ortho nitro benzene ring substituents is 1. The Balaban J connectivity index is 1.22. The minimum Gasteiger partial charge on any atom is -0.377 e. The number of rotatable bonds is 35. The Morgan fingerprint density at radius 2 is 0.885 bits per heavy atom. The first-order valence-corrected chi connectivity index (χ1v) is 18.0. The Bertz CT molecular complexity index is 1340. The van der Waals surface area contributed by atoms with Crippen molar-refractivity contribution in [3.05, 3.63) is 68.8 Å². The molecule has 2 rings (SSSR count). The summed E-state index contributed by atoms with van der Waals surface area (Å²) in [5.74, 6) is 0. The summed E-state index contributed by atoms with van der Waals surface area (Å²) >= 11 is 0. The number of nitro groups is 2. The zero-order valence-electron chi connectivity index (χ0n) is 29.1. The van der Waals surface area contributed by atoms with E-state index in [0.717, 1.165) is 6.07 Å². The molecule has 0 aliphatic carbocycles. The van der Waals surface area contributed by atoms with Gasteiger partial charge in [0.1, 0.15) is 5.69 Å². The molecule has 20 heteroatoms. The Labute approximate surface area is 303 Å². The second-order valence-corrected chi connectivity index (χ2v) is 11.9. The van der Waals surface area contributed by atoms with Crippen LogP contribution in [0.3, 0.4) is 0 Å². The van der Waals surface area contributed by atoms with Gasteiger partial charge >= 0.3 is 0 Å². The van der Waals surface area contributed by atoms with Gasteiger partial charge in [-0.15, -0.1) is 0 Å². The highest BCUT2D eigenvalue weighted by Crippen LogP contribution is 2.28. The van der Waals surface area contributed by atoms with E-state index >= 15 is 0 Å². The lowest BCUT2D eigenvalue weighted by Crippen LogP contribution is -2.16. The van der Waals surface area contributed by atoms with Crippen molar-refractivity contribution in [1.82, 2.24) is 0 Å². The number of anilines is 1. The molecule has 2 aromatic rings. The molecule has 0 unspecified atom stereocenters. The lowest BCUT2D eigenvalue weighted by atomic mass is 10.2. The molecule has 0 aliphatic heterocycles. The lowest BCUT2D eigenvalue weighted by Gasteiger charge is -2.09. The molecule has 0 fully saturated rings. The molecule has 2 aromatic carbocycles. The maximum absolute atomic E-state index is 12.0. The Kier molecular flexibility index (Phi) is 25.0. The van der Waals surface area contributed by atoms with Crippen LogP contribution in [0, 0.1) is 20.2 Å². The van der Waals surface area contributed by atoms with E-state index in [2.05, 4.69) is 5.32 Å². The average Bonchev–Trinajstić information content (AvgIpc) is 3.14. The normalized spacial score (nSPS) is 11.5. The first-order valence-electron chi connectivity index (χ1n) is 16.6.